The predicted molar refractivity (Wildman–Crippen MR) is 125 cm³/mol. The number of amides is 2. The van der Waals surface area contributed by atoms with Crippen molar-refractivity contribution in [1.29, 1.82) is 0 Å². The highest BCUT2D eigenvalue weighted by Crippen LogP contribution is 2.28. The molecule has 2 aromatic carbocycles. The number of ether oxygens (including phenoxy) is 1. The minimum atomic E-state index is -0.945. The summed E-state index contributed by atoms with van der Waals surface area (Å²) < 4.78 is 6.11. The van der Waals surface area contributed by atoms with Crippen LogP contribution in [0.15, 0.2) is 40.9 Å². The molecule has 2 amide bonds. The Balaban J connectivity index is 1.90. The van der Waals surface area contributed by atoms with Crippen molar-refractivity contribution in [2.24, 2.45) is 0 Å². The highest BCUT2D eigenvalue weighted by Gasteiger charge is 2.20. The topological polar surface area (TPSA) is 166 Å². The van der Waals surface area contributed by atoms with E-state index in [1.54, 1.807) is 6.07 Å². The van der Waals surface area contributed by atoms with Gasteiger partial charge >= 0.3 is 0 Å². The lowest BCUT2D eigenvalue weighted by Crippen LogP contribution is -2.49. The van der Waals surface area contributed by atoms with Crippen molar-refractivity contribution in [2.75, 3.05) is 6.61 Å². The maximum atomic E-state index is 12.2. The van der Waals surface area contributed by atoms with Gasteiger partial charge in [0.15, 0.2) is 11.7 Å². The van der Waals surface area contributed by atoms with Crippen LogP contribution in [-0.4, -0.2) is 33.4 Å². The molecule has 0 heterocycles. The lowest BCUT2D eigenvalue weighted by Gasteiger charge is -2.13. The molecule has 0 bridgehead atoms. The second-order valence-corrected chi connectivity index (χ2v) is 8.10. The van der Waals surface area contributed by atoms with Gasteiger partial charge in [-0.1, -0.05) is 19.9 Å². The fraction of sp³-hybridized carbons (Fsp3) is 0.211. The number of nitrogens with zero attached hydrogens (tertiary/aromatic N) is 2. The van der Waals surface area contributed by atoms with E-state index in [2.05, 4.69) is 32.1 Å². The Labute approximate surface area is 201 Å². The van der Waals surface area contributed by atoms with E-state index in [4.69, 9.17) is 17.0 Å². The number of nitro benzene ring substituents is 2. The first-order chi connectivity index (χ1) is 15.5. The summed E-state index contributed by atoms with van der Waals surface area (Å²) in [7, 11) is 0. The average molecular weight is 540 g/mol. The van der Waals surface area contributed by atoms with Crippen molar-refractivity contribution >= 4 is 56.4 Å². The number of hydrogen-bond acceptors (Lipinski definition) is 8. The number of hydrazine groups is 1. The number of non-ortho nitro benzene ring substituents is 2. The monoisotopic (exact) mass is 539 g/mol. The number of carbonyl (C=O) groups is 2. The molecule has 0 spiro atoms. The minimum Gasteiger partial charge on any atom is -0.483 e. The fourth-order valence-corrected chi connectivity index (χ4v) is 3.10. The molecule has 0 aromatic heterocycles. The predicted octanol–water partition coefficient (Wildman–Crippen LogP) is 3.10. The van der Waals surface area contributed by atoms with Gasteiger partial charge in [-0.3, -0.25) is 46.0 Å². The molecule has 0 aliphatic heterocycles. The van der Waals surface area contributed by atoms with Gasteiger partial charge in [0.2, 0.25) is 0 Å². The van der Waals surface area contributed by atoms with Crippen LogP contribution in [0.2, 0.25) is 0 Å². The Bertz CT molecular complexity index is 1090. The third-order valence-electron chi connectivity index (χ3n) is 4.11. The number of rotatable bonds is 7. The van der Waals surface area contributed by atoms with Gasteiger partial charge in [0, 0.05) is 12.1 Å². The Morgan fingerprint density at radius 1 is 1.06 bits per heavy atom. The van der Waals surface area contributed by atoms with Crippen LogP contribution in [0.5, 0.6) is 5.75 Å². The van der Waals surface area contributed by atoms with Crippen LogP contribution in [0.25, 0.3) is 0 Å². The van der Waals surface area contributed by atoms with Gasteiger partial charge in [0.05, 0.1) is 25.9 Å². The molecule has 2 aromatic rings. The van der Waals surface area contributed by atoms with Crippen molar-refractivity contribution in [2.45, 2.75) is 19.8 Å². The molecule has 0 saturated heterocycles. The number of carbonyl (C=O) groups excluding carboxylic acids is 2. The Hall–Kier alpha value is -3.65. The summed E-state index contributed by atoms with van der Waals surface area (Å²) >= 11 is 8.26. The smallest absolute Gasteiger partial charge is 0.277 e. The van der Waals surface area contributed by atoms with Crippen LogP contribution in [0.4, 0.5) is 11.4 Å². The van der Waals surface area contributed by atoms with E-state index in [-0.39, 0.29) is 17.3 Å². The van der Waals surface area contributed by atoms with Crippen molar-refractivity contribution in [3.8, 4) is 5.75 Å². The number of nitrogens with one attached hydrogen (secondary N) is 3. The lowest BCUT2D eigenvalue weighted by atomic mass is 10.0. The van der Waals surface area contributed by atoms with Gasteiger partial charge in [-0.15, -0.1) is 0 Å². The van der Waals surface area contributed by atoms with E-state index in [0.717, 1.165) is 23.8 Å². The van der Waals surface area contributed by atoms with Gasteiger partial charge in [0.1, 0.15) is 5.75 Å². The summed E-state index contributed by atoms with van der Waals surface area (Å²) in [6.45, 7) is 3.73. The Morgan fingerprint density at radius 3 is 2.18 bits per heavy atom. The van der Waals surface area contributed by atoms with Crippen LogP contribution in [0, 0.1) is 20.2 Å². The standard InChI is InChI=1S/C19H18BrN5O7S/c1-10(2)11-3-4-16(15(20)7-11)32-9-17(26)22-23-19(33)21-18(27)12-5-13(24(28)29)8-14(6-12)25(30)31/h3-8,10H,9H2,1-2H3,(H,22,26)(H2,21,23,27,33). The minimum absolute atomic E-state index is 0.326. The maximum absolute atomic E-state index is 12.2. The summed E-state index contributed by atoms with van der Waals surface area (Å²) in [6, 6.07) is 7.94. The third-order valence-corrected chi connectivity index (χ3v) is 4.93. The van der Waals surface area contributed by atoms with E-state index in [1.165, 1.54) is 0 Å². The van der Waals surface area contributed by atoms with E-state index in [0.29, 0.717) is 16.1 Å². The summed E-state index contributed by atoms with van der Waals surface area (Å²) in [6.07, 6.45) is 0. The number of benzene rings is 2. The van der Waals surface area contributed by atoms with Gasteiger partial charge in [-0.25, -0.2) is 0 Å². The molecule has 2 rings (SSSR count). The zero-order chi connectivity index (χ0) is 24.7. The molecule has 12 nitrogen and oxygen atoms in total. The zero-order valence-electron chi connectivity index (χ0n) is 17.3. The molecule has 33 heavy (non-hydrogen) atoms. The molecule has 3 N–H and O–H groups in total. The van der Waals surface area contributed by atoms with Crippen LogP contribution < -0.4 is 20.9 Å². The summed E-state index contributed by atoms with van der Waals surface area (Å²) in [5, 5.41) is 23.7. The summed E-state index contributed by atoms with van der Waals surface area (Å²) in [4.78, 5) is 44.3. The maximum Gasteiger partial charge on any atom is 0.277 e. The van der Waals surface area contributed by atoms with E-state index in [9.17, 15) is 29.8 Å². The highest BCUT2D eigenvalue weighted by molar-refractivity contribution is 9.10. The molecular formula is C19H18BrN5O7S. The fourth-order valence-electron chi connectivity index (χ4n) is 2.44. The van der Waals surface area contributed by atoms with Gasteiger partial charge in [-0.05, 0) is 51.8 Å². The molecule has 0 unspecified atom stereocenters. The summed E-state index contributed by atoms with van der Waals surface area (Å²) in [5.74, 6) is -0.777. The van der Waals surface area contributed by atoms with E-state index in [1.807, 2.05) is 26.0 Å². The largest absolute Gasteiger partial charge is 0.483 e. The number of thiocarbonyl (C=S) groups is 1. The number of nitro groups is 2. The summed E-state index contributed by atoms with van der Waals surface area (Å²) in [5.41, 5.74) is 3.96. The first-order valence-electron chi connectivity index (χ1n) is 9.24. The normalized spacial score (nSPS) is 10.3. The molecule has 0 saturated carbocycles. The SMILES string of the molecule is CC(C)c1ccc(OCC(=O)NNC(=S)NC(=O)c2cc([N+](=O)[O-])cc([N+](=O)[O-])c2)c(Br)c1. The quantitative estimate of drug-likeness (QED) is 0.272. The van der Waals surface area contributed by atoms with Gasteiger partial charge in [0.25, 0.3) is 23.2 Å². The van der Waals surface area contributed by atoms with Crippen molar-refractivity contribution in [1.82, 2.24) is 16.2 Å². The van der Waals surface area contributed by atoms with E-state index >= 15 is 0 Å². The molecular weight excluding hydrogens is 522 g/mol. The molecule has 0 atom stereocenters. The van der Waals surface area contributed by atoms with Crippen molar-refractivity contribution in [3.63, 3.8) is 0 Å². The second-order valence-electron chi connectivity index (χ2n) is 6.84. The first kappa shape index (κ1) is 25.6. The molecule has 0 aliphatic carbocycles. The molecule has 0 radical (unpaired) electrons. The third kappa shape index (κ3) is 7.47. The molecule has 0 fully saturated rings. The van der Waals surface area contributed by atoms with Gasteiger partial charge in [-0.2, -0.15) is 0 Å². The zero-order valence-corrected chi connectivity index (χ0v) is 19.7. The van der Waals surface area contributed by atoms with Crippen molar-refractivity contribution in [3.05, 3.63) is 72.2 Å². The van der Waals surface area contributed by atoms with Crippen LogP contribution in [0.3, 0.4) is 0 Å². The lowest BCUT2D eigenvalue weighted by molar-refractivity contribution is -0.394. The van der Waals surface area contributed by atoms with Crippen LogP contribution >= 0.6 is 28.1 Å². The van der Waals surface area contributed by atoms with Crippen molar-refractivity contribution < 1.29 is 24.2 Å². The van der Waals surface area contributed by atoms with Crippen LogP contribution in [-0.2, 0) is 4.79 Å². The number of halogens is 1. The van der Waals surface area contributed by atoms with Gasteiger partial charge < -0.3 is 4.74 Å². The van der Waals surface area contributed by atoms with Crippen LogP contribution in [0.1, 0.15) is 35.7 Å². The number of hydrogen-bond donors (Lipinski definition) is 3. The molecule has 0 aliphatic rings. The molecule has 174 valence electrons. The Kier molecular flexibility index (Phi) is 8.76. The average Bonchev–Trinajstić information content (AvgIpc) is 2.76. The van der Waals surface area contributed by atoms with E-state index < -0.39 is 33.0 Å². The highest BCUT2D eigenvalue weighted by atomic mass is 79.9. The molecule has 14 heteroatoms. The Morgan fingerprint density at radius 2 is 1.67 bits per heavy atom. The second kappa shape index (κ2) is 11.3. The first-order valence-corrected chi connectivity index (χ1v) is 10.4.